The molecule has 0 saturated carbocycles. The van der Waals surface area contributed by atoms with Crippen LogP contribution in [0.25, 0.3) is 0 Å². The van der Waals surface area contributed by atoms with Crippen molar-refractivity contribution < 1.29 is 8.42 Å². The van der Waals surface area contributed by atoms with Gasteiger partial charge in [0.1, 0.15) is 0 Å². The van der Waals surface area contributed by atoms with Gasteiger partial charge in [-0.1, -0.05) is 19.9 Å². The van der Waals surface area contributed by atoms with Gasteiger partial charge in [0, 0.05) is 12.2 Å². The topological polar surface area (TPSA) is 84.2 Å². The Morgan fingerprint density at radius 2 is 2.00 bits per heavy atom. The highest BCUT2D eigenvalue weighted by Crippen LogP contribution is 2.18. The van der Waals surface area contributed by atoms with E-state index in [2.05, 4.69) is 9.44 Å². The molecular formula is C11H19N3O2S. The number of anilines is 2. The fourth-order valence-electron chi connectivity index (χ4n) is 1.21. The number of hydrogen-bond acceptors (Lipinski definition) is 3. The second-order valence-electron chi connectivity index (χ2n) is 4.42. The quantitative estimate of drug-likeness (QED) is 0.698. The van der Waals surface area contributed by atoms with E-state index in [9.17, 15) is 8.42 Å². The van der Waals surface area contributed by atoms with Gasteiger partial charge in [-0.15, -0.1) is 0 Å². The summed E-state index contributed by atoms with van der Waals surface area (Å²) in [6.07, 6.45) is 0. The van der Waals surface area contributed by atoms with Crippen LogP contribution in [0.1, 0.15) is 19.4 Å². The molecule has 6 heteroatoms. The van der Waals surface area contributed by atoms with Crippen LogP contribution in [-0.2, 0) is 10.2 Å². The predicted octanol–water partition coefficient (Wildman–Crippen LogP) is 1.48. The van der Waals surface area contributed by atoms with Crippen LogP contribution < -0.4 is 15.2 Å². The molecule has 0 radical (unpaired) electrons. The van der Waals surface area contributed by atoms with Gasteiger partial charge in [0.05, 0.1) is 5.69 Å². The third-order valence-corrected chi connectivity index (χ3v) is 3.22. The van der Waals surface area contributed by atoms with E-state index in [1.807, 2.05) is 20.8 Å². The van der Waals surface area contributed by atoms with Crippen molar-refractivity contribution >= 4 is 21.6 Å². The maximum Gasteiger partial charge on any atom is 0.299 e. The first kappa shape index (κ1) is 13.8. The van der Waals surface area contributed by atoms with Gasteiger partial charge in [0.25, 0.3) is 10.2 Å². The maximum atomic E-state index is 11.7. The molecule has 17 heavy (non-hydrogen) atoms. The molecule has 0 atom stereocenters. The van der Waals surface area contributed by atoms with Crippen LogP contribution in [0.2, 0.25) is 0 Å². The molecule has 1 rings (SSSR count). The summed E-state index contributed by atoms with van der Waals surface area (Å²) in [6.45, 7) is 6.10. The van der Waals surface area contributed by atoms with Gasteiger partial charge in [0.2, 0.25) is 0 Å². The molecule has 96 valence electrons. The number of nitrogens with two attached hydrogens (primary N) is 1. The predicted molar refractivity (Wildman–Crippen MR) is 71.0 cm³/mol. The normalized spacial score (nSPS) is 11.8. The van der Waals surface area contributed by atoms with Crippen molar-refractivity contribution in [2.75, 3.05) is 17.0 Å². The van der Waals surface area contributed by atoms with Gasteiger partial charge in [-0.3, -0.25) is 4.72 Å². The molecule has 0 fully saturated rings. The molecule has 0 unspecified atom stereocenters. The lowest BCUT2D eigenvalue weighted by Crippen LogP contribution is -2.33. The highest BCUT2D eigenvalue weighted by molar-refractivity contribution is 7.90. The second-order valence-corrected chi connectivity index (χ2v) is 5.92. The van der Waals surface area contributed by atoms with E-state index in [0.29, 0.717) is 17.9 Å². The number of nitrogen functional groups attached to an aromatic ring is 1. The molecule has 4 N–H and O–H groups in total. The lowest BCUT2D eigenvalue weighted by atomic mass is 10.2. The molecule has 5 nitrogen and oxygen atoms in total. The summed E-state index contributed by atoms with van der Waals surface area (Å²) in [4.78, 5) is 0. The summed E-state index contributed by atoms with van der Waals surface area (Å²) >= 11 is 0. The van der Waals surface area contributed by atoms with Gasteiger partial charge in [-0.25, -0.2) is 0 Å². The minimum absolute atomic E-state index is 0.258. The lowest BCUT2D eigenvalue weighted by molar-refractivity contribution is 0.565. The number of rotatable bonds is 5. The second kappa shape index (κ2) is 5.37. The monoisotopic (exact) mass is 257 g/mol. The van der Waals surface area contributed by atoms with Gasteiger partial charge in [0.15, 0.2) is 0 Å². The van der Waals surface area contributed by atoms with Gasteiger partial charge < -0.3 is 5.73 Å². The van der Waals surface area contributed by atoms with Crippen molar-refractivity contribution in [1.82, 2.24) is 4.72 Å². The fourth-order valence-corrected chi connectivity index (χ4v) is 2.34. The highest BCUT2D eigenvalue weighted by Gasteiger charge is 2.11. The standard InChI is InChI=1S/C11H19N3O2S/c1-8(2)7-13-17(15,16)14-11-6-10(12)5-4-9(11)3/h4-6,8,13-14H,7,12H2,1-3H3. The van der Waals surface area contributed by atoms with Crippen molar-refractivity contribution in [2.24, 2.45) is 5.92 Å². The van der Waals surface area contributed by atoms with Crippen molar-refractivity contribution in [1.29, 1.82) is 0 Å². The van der Waals surface area contributed by atoms with Crippen molar-refractivity contribution in [2.45, 2.75) is 20.8 Å². The third-order valence-electron chi connectivity index (χ3n) is 2.19. The molecule has 1 aromatic rings. The van der Waals surface area contributed by atoms with Crippen LogP contribution >= 0.6 is 0 Å². The van der Waals surface area contributed by atoms with Gasteiger partial charge in [-0.05, 0) is 30.5 Å². The van der Waals surface area contributed by atoms with E-state index >= 15 is 0 Å². The molecule has 0 spiro atoms. The van der Waals surface area contributed by atoms with Crippen LogP contribution in [0.4, 0.5) is 11.4 Å². The van der Waals surface area contributed by atoms with Crippen molar-refractivity contribution in [3.05, 3.63) is 23.8 Å². The highest BCUT2D eigenvalue weighted by atomic mass is 32.2. The molecule has 0 aliphatic carbocycles. The van der Waals surface area contributed by atoms with Crippen LogP contribution in [0.15, 0.2) is 18.2 Å². The summed E-state index contributed by atoms with van der Waals surface area (Å²) < 4.78 is 28.3. The smallest absolute Gasteiger partial charge is 0.299 e. The van der Waals surface area contributed by atoms with Crippen LogP contribution in [0.5, 0.6) is 0 Å². The molecule has 0 aromatic heterocycles. The first-order valence-corrected chi connectivity index (χ1v) is 6.92. The molecule has 0 bridgehead atoms. The van der Waals surface area contributed by atoms with E-state index in [-0.39, 0.29) is 5.92 Å². The average Bonchev–Trinajstić information content (AvgIpc) is 2.20. The lowest BCUT2D eigenvalue weighted by Gasteiger charge is -2.13. The maximum absolute atomic E-state index is 11.7. The third kappa shape index (κ3) is 4.62. The summed E-state index contributed by atoms with van der Waals surface area (Å²) in [5.74, 6) is 0.258. The van der Waals surface area contributed by atoms with Crippen LogP contribution in [-0.4, -0.2) is 15.0 Å². The van der Waals surface area contributed by atoms with E-state index in [1.165, 1.54) is 0 Å². The average molecular weight is 257 g/mol. The Balaban J connectivity index is 2.79. The first-order valence-electron chi connectivity index (χ1n) is 5.43. The zero-order valence-corrected chi connectivity index (χ0v) is 11.1. The minimum atomic E-state index is -3.52. The van der Waals surface area contributed by atoms with E-state index in [4.69, 9.17) is 5.73 Å². The first-order chi connectivity index (χ1) is 7.80. The van der Waals surface area contributed by atoms with E-state index < -0.39 is 10.2 Å². The molecule has 0 heterocycles. The summed E-state index contributed by atoms with van der Waals surface area (Å²) in [5, 5.41) is 0. The number of nitrogens with one attached hydrogen (secondary N) is 2. The SMILES string of the molecule is Cc1ccc(N)cc1NS(=O)(=O)NCC(C)C. The summed E-state index contributed by atoms with van der Waals surface area (Å²) in [5.41, 5.74) is 7.47. The van der Waals surface area contributed by atoms with E-state index in [1.54, 1.807) is 18.2 Å². The Kier molecular flexibility index (Phi) is 4.36. The zero-order chi connectivity index (χ0) is 13.1. The van der Waals surface area contributed by atoms with E-state index in [0.717, 1.165) is 5.56 Å². The molecule has 0 aliphatic heterocycles. The van der Waals surface area contributed by atoms with Crippen molar-refractivity contribution in [3.8, 4) is 0 Å². The molecule has 0 amide bonds. The molecular weight excluding hydrogens is 238 g/mol. The van der Waals surface area contributed by atoms with Crippen LogP contribution in [0.3, 0.4) is 0 Å². The fraction of sp³-hybridized carbons (Fsp3) is 0.455. The number of hydrogen-bond donors (Lipinski definition) is 3. The Morgan fingerprint density at radius 1 is 1.35 bits per heavy atom. The van der Waals surface area contributed by atoms with Gasteiger partial charge >= 0.3 is 0 Å². The van der Waals surface area contributed by atoms with Crippen molar-refractivity contribution in [3.63, 3.8) is 0 Å². The Labute approximate surface area is 103 Å². The minimum Gasteiger partial charge on any atom is -0.399 e. The molecule has 0 aliphatic rings. The van der Waals surface area contributed by atoms with Gasteiger partial charge in [-0.2, -0.15) is 13.1 Å². The molecule has 1 aromatic carbocycles. The zero-order valence-electron chi connectivity index (χ0n) is 10.3. The Bertz CT molecular complexity index is 483. The Hall–Kier alpha value is -1.27. The van der Waals surface area contributed by atoms with Crippen LogP contribution in [0, 0.1) is 12.8 Å². The largest absolute Gasteiger partial charge is 0.399 e. The number of aryl methyl sites for hydroxylation is 1. The molecule has 0 saturated heterocycles. The summed E-state index contributed by atoms with van der Waals surface area (Å²) in [6, 6.07) is 5.11. The Morgan fingerprint density at radius 3 is 2.59 bits per heavy atom. The summed E-state index contributed by atoms with van der Waals surface area (Å²) in [7, 11) is -3.52. The number of benzene rings is 1.